The topological polar surface area (TPSA) is 189 Å². The lowest BCUT2D eigenvalue weighted by molar-refractivity contribution is -0.148. The highest BCUT2D eigenvalue weighted by Crippen LogP contribution is 2.35. The first-order valence-corrected chi connectivity index (χ1v) is 14.3. The molecule has 41 heavy (non-hydrogen) atoms. The standard InChI is InChI=1S/C29H55N5O7/c1-16(2)21(32-18(4)35)26(39)33-19(14-12-13-15-30)24(37)34-23(29(8,9)10)22(36)20(28(5,6)7)25(38)31-17(3)27(40)41-11/h16-17,19-23,36H,12-15,30H2,1-11H3,(H,31,38)(H,32,35)(H,33,39)(H,34,37)/t17-,19-,20-,21-,22+,23+/m0/s1. The zero-order valence-corrected chi connectivity index (χ0v) is 26.8. The van der Waals surface area contributed by atoms with Crippen molar-refractivity contribution in [2.45, 2.75) is 119 Å². The average Bonchev–Trinajstić information content (AvgIpc) is 2.82. The summed E-state index contributed by atoms with van der Waals surface area (Å²) in [5, 5.41) is 22.6. The van der Waals surface area contributed by atoms with Crippen LogP contribution in [0.15, 0.2) is 0 Å². The van der Waals surface area contributed by atoms with Gasteiger partial charge < -0.3 is 36.8 Å². The molecule has 0 rings (SSSR count). The summed E-state index contributed by atoms with van der Waals surface area (Å²) in [6.07, 6.45) is 0.121. The molecule has 7 N–H and O–H groups in total. The van der Waals surface area contributed by atoms with E-state index in [1.165, 1.54) is 21.0 Å². The molecule has 0 radical (unpaired) electrons. The Morgan fingerprint density at radius 3 is 1.78 bits per heavy atom. The minimum absolute atomic E-state index is 0.228. The van der Waals surface area contributed by atoms with Crippen LogP contribution in [0.2, 0.25) is 0 Å². The second kappa shape index (κ2) is 16.6. The Morgan fingerprint density at radius 1 is 0.805 bits per heavy atom. The number of esters is 1. The Morgan fingerprint density at radius 2 is 1.37 bits per heavy atom. The molecule has 0 unspecified atom stereocenters. The lowest BCUT2D eigenvalue weighted by Crippen LogP contribution is -2.62. The molecule has 0 aromatic heterocycles. The van der Waals surface area contributed by atoms with E-state index in [2.05, 4.69) is 21.3 Å². The van der Waals surface area contributed by atoms with Crippen molar-refractivity contribution in [1.82, 2.24) is 21.3 Å². The first-order valence-electron chi connectivity index (χ1n) is 14.3. The SMILES string of the molecule is COC(=O)[C@H](C)NC(=O)[C@H]([C@@H](O)[C@@H](NC(=O)[C@H](CCCCN)NC(=O)[C@@H](NC(C)=O)C(C)C)C(C)(C)C)C(C)(C)C. The second-order valence-electron chi connectivity index (χ2n) is 13.2. The maximum absolute atomic E-state index is 13.7. The van der Waals surface area contributed by atoms with E-state index in [9.17, 15) is 29.1 Å². The zero-order valence-electron chi connectivity index (χ0n) is 26.8. The molecule has 4 amide bonds. The number of methoxy groups -OCH3 is 1. The lowest BCUT2D eigenvalue weighted by atomic mass is 9.70. The van der Waals surface area contributed by atoms with Crippen molar-refractivity contribution < 1.29 is 33.8 Å². The van der Waals surface area contributed by atoms with Gasteiger partial charge in [-0.15, -0.1) is 0 Å². The Kier molecular flexibility index (Phi) is 15.5. The zero-order chi connectivity index (χ0) is 32.3. The Balaban J connectivity index is 6.26. The van der Waals surface area contributed by atoms with Crippen molar-refractivity contribution >= 4 is 29.6 Å². The third kappa shape index (κ3) is 12.8. The van der Waals surface area contributed by atoms with Crippen molar-refractivity contribution in [3.8, 4) is 0 Å². The summed E-state index contributed by atoms with van der Waals surface area (Å²) in [6.45, 7) is 17.6. The molecule has 0 spiro atoms. The molecule has 0 aromatic carbocycles. The number of nitrogens with one attached hydrogen (secondary N) is 4. The molecule has 0 fully saturated rings. The van der Waals surface area contributed by atoms with Gasteiger partial charge >= 0.3 is 5.97 Å². The van der Waals surface area contributed by atoms with Crippen LogP contribution in [0.25, 0.3) is 0 Å². The van der Waals surface area contributed by atoms with E-state index in [1.54, 1.807) is 34.6 Å². The summed E-state index contributed by atoms with van der Waals surface area (Å²) >= 11 is 0. The predicted molar refractivity (Wildman–Crippen MR) is 157 cm³/mol. The van der Waals surface area contributed by atoms with E-state index in [4.69, 9.17) is 10.5 Å². The van der Waals surface area contributed by atoms with Gasteiger partial charge in [-0.25, -0.2) is 4.79 Å². The highest BCUT2D eigenvalue weighted by Gasteiger charge is 2.46. The molecule has 0 aliphatic heterocycles. The number of hydrogen-bond donors (Lipinski definition) is 6. The normalized spacial score (nSPS) is 16.4. The van der Waals surface area contributed by atoms with Crippen LogP contribution in [0.4, 0.5) is 0 Å². The monoisotopic (exact) mass is 585 g/mol. The molecule has 0 aromatic rings. The maximum Gasteiger partial charge on any atom is 0.328 e. The fourth-order valence-corrected chi connectivity index (χ4v) is 4.64. The molecule has 0 heterocycles. The molecule has 6 atom stereocenters. The van der Waals surface area contributed by atoms with Crippen LogP contribution in [0.3, 0.4) is 0 Å². The Labute approximate surface area is 245 Å². The predicted octanol–water partition coefficient (Wildman–Crippen LogP) is 0.993. The first kappa shape index (κ1) is 38.3. The summed E-state index contributed by atoms with van der Waals surface area (Å²) in [5.41, 5.74) is 4.17. The van der Waals surface area contributed by atoms with Gasteiger partial charge in [0.1, 0.15) is 18.1 Å². The highest BCUT2D eigenvalue weighted by molar-refractivity contribution is 5.92. The molecular weight excluding hydrogens is 530 g/mol. The number of carbonyl (C=O) groups excluding carboxylic acids is 5. The molecule has 0 saturated carbocycles. The highest BCUT2D eigenvalue weighted by atomic mass is 16.5. The molecule has 0 bridgehead atoms. The molecule has 238 valence electrons. The molecular formula is C29H55N5O7. The van der Waals surface area contributed by atoms with Crippen LogP contribution in [-0.2, 0) is 28.7 Å². The van der Waals surface area contributed by atoms with Gasteiger partial charge in [0.25, 0.3) is 0 Å². The average molecular weight is 586 g/mol. The smallest absolute Gasteiger partial charge is 0.328 e. The van der Waals surface area contributed by atoms with Gasteiger partial charge in [0, 0.05) is 6.92 Å². The van der Waals surface area contributed by atoms with Gasteiger partial charge in [-0.1, -0.05) is 55.4 Å². The lowest BCUT2D eigenvalue weighted by Gasteiger charge is -2.43. The van der Waals surface area contributed by atoms with E-state index >= 15 is 0 Å². The third-order valence-corrected chi connectivity index (χ3v) is 6.93. The largest absolute Gasteiger partial charge is 0.467 e. The fourth-order valence-electron chi connectivity index (χ4n) is 4.64. The third-order valence-electron chi connectivity index (χ3n) is 6.93. The number of ether oxygens (including phenoxy) is 1. The first-order chi connectivity index (χ1) is 18.7. The number of carbonyl (C=O) groups is 5. The van der Waals surface area contributed by atoms with Crippen LogP contribution in [-0.4, -0.2) is 78.6 Å². The minimum Gasteiger partial charge on any atom is -0.467 e. The van der Waals surface area contributed by atoms with Gasteiger partial charge in [-0.2, -0.15) is 0 Å². The number of hydrogen-bond acceptors (Lipinski definition) is 8. The Hall–Kier alpha value is -2.73. The molecule has 12 nitrogen and oxygen atoms in total. The summed E-state index contributed by atoms with van der Waals surface area (Å²) in [5.74, 6) is -3.84. The van der Waals surface area contributed by atoms with Crippen molar-refractivity contribution in [2.24, 2.45) is 28.4 Å². The minimum atomic E-state index is -1.35. The van der Waals surface area contributed by atoms with E-state index in [0.717, 1.165) is 0 Å². The number of rotatable bonds is 15. The van der Waals surface area contributed by atoms with E-state index in [0.29, 0.717) is 19.4 Å². The second-order valence-corrected chi connectivity index (χ2v) is 13.2. The van der Waals surface area contributed by atoms with Crippen LogP contribution < -0.4 is 27.0 Å². The van der Waals surface area contributed by atoms with Crippen molar-refractivity contribution in [3.05, 3.63) is 0 Å². The number of nitrogens with two attached hydrogens (primary N) is 1. The van der Waals surface area contributed by atoms with Crippen molar-refractivity contribution in [1.29, 1.82) is 0 Å². The van der Waals surface area contributed by atoms with E-state index in [-0.39, 0.29) is 18.2 Å². The molecule has 0 aliphatic carbocycles. The number of aliphatic hydroxyl groups is 1. The van der Waals surface area contributed by atoms with E-state index < -0.39 is 70.7 Å². The quantitative estimate of drug-likeness (QED) is 0.121. The Bertz CT molecular complexity index is 895. The van der Waals surface area contributed by atoms with Crippen LogP contribution in [0, 0.1) is 22.7 Å². The van der Waals surface area contributed by atoms with Crippen LogP contribution in [0.1, 0.15) is 88.5 Å². The molecule has 12 heteroatoms. The molecule has 0 aliphatic rings. The van der Waals surface area contributed by atoms with Crippen LogP contribution in [0.5, 0.6) is 0 Å². The maximum atomic E-state index is 13.7. The van der Waals surface area contributed by atoms with Crippen LogP contribution >= 0.6 is 0 Å². The van der Waals surface area contributed by atoms with E-state index in [1.807, 2.05) is 20.8 Å². The summed E-state index contributed by atoms with van der Waals surface area (Å²) in [6, 6.07) is -3.66. The van der Waals surface area contributed by atoms with Gasteiger partial charge in [0.15, 0.2) is 0 Å². The van der Waals surface area contributed by atoms with Crippen molar-refractivity contribution in [3.63, 3.8) is 0 Å². The molecule has 0 saturated heterocycles. The van der Waals surface area contributed by atoms with Gasteiger partial charge in [0.2, 0.25) is 23.6 Å². The summed E-state index contributed by atoms with van der Waals surface area (Å²) in [4.78, 5) is 63.8. The van der Waals surface area contributed by atoms with Gasteiger partial charge in [0.05, 0.1) is 25.2 Å². The fraction of sp³-hybridized carbons (Fsp3) is 0.828. The van der Waals surface area contributed by atoms with Gasteiger partial charge in [-0.3, -0.25) is 19.2 Å². The summed E-state index contributed by atoms with van der Waals surface area (Å²) in [7, 11) is 1.22. The number of unbranched alkanes of at least 4 members (excludes halogenated alkanes) is 1. The van der Waals surface area contributed by atoms with Gasteiger partial charge in [-0.05, 0) is 49.5 Å². The van der Waals surface area contributed by atoms with Crippen molar-refractivity contribution in [2.75, 3.05) is 13.7 Å². The number of amides is 4. The number of aliphatic hydroxyl groups excluding tert-OH is 1. The summed E-state index contributed by atoms with van der Waals surface area (Å²) < 4.78 is 4.71.